The minimum Gasteiger partial charge on any atom is -0.467 e. The van der Waals surface area contributed by atoms with Gasteiger partial charge in [-0.25, -0.2) is 15.0 Å². The molecule has 3 aromatic heterocycles. The maximum atomic E-state index is 13.0. The second kappa shape index (κ2) is 8.11. The molecule has 4 aromatic rings. The number of benzene rings is 1. The number of aromatic nitrogens is 6. The third-order valence-electron chi connectivity index (χ3n) is 4.90. The largest absolute Gasteiger partial charge is 0.467 e. The van der Waals surface area contributed by atoms with E-state index in [1.807, 2.05) is 0 Å². The Bertz CT molecular complexity index is 1280. The van der Waals surface area contributed by atoms with Gasteiger partial charge in [0.2, 0.25) is 5.95 Å². The molecule has 32 heavy (non-hydrogen) atoms. The van der Waals surface area contributed by atoms with Gasteiger partial charge < -0.3 is 24.3 Å². The summed E-state index contributed by atoms with van der Waals surface area (Å²) in [5.74, 6) is 1.40. The number of imidazole rings is 2. The molecular weight excluding hydrogens is 427 g/mol. The fourth-order valence-electron chi connectivity index (χ4n) is 3.25. The molecule has 12 heteroatoms. The lowest BCUT2D eigenvalue weighted by atomic mass is 10.1. The van der Waals surface area contributed by atoms with E-state index < -0.39 is 11.9 Å². The standard InChI is InChI=1S/C20H20F3N7O2/c1-29-9-15(20(21,22)23)26-18(29)12-5-4-11(14(6-12)32-10-31-3)7-16-25-8-13-17(27-16)28-19(24)30(13)2/h4-6,8-9H,7,10H2,1-3H3,(H2,24,25,27,28). The third-order valence-corrected chi connectivity index (χ3v) is 4.90. The van der Waals surface area contributed by atoms with Crippen LogP contribution in [0.5, 0.6) is 5.75 Å². The van der Waals surface area contributed by atoms with Gasteiger partial charge >= 0.3 is 6.18 Å². The molecule has 0 saturated carbocycles. The highest BCUT2D eigenvalue weighted by Gasteiger charge is 2.34. The Labute approximate surface area is 180 Å². The molecule has 0 unspecified atom stereocenters. The van der Waals surface area contributed by atoms with Crippen molar-refractivity contribution in [1.82, 2.24) is 29.1 Å². The number of nitrogens with zero attached hydrogens (tertiary/aromatic N) is 6. The summed E-state index contributed by atoms with van der Waals surface area (Å²) in [6.45, 7) is -0.0402. The van der Waals surface area contributed by atoms with Crippen LogP contribution in [-0.4, -0.2) is 43.0 Å². The van der Waals surface area contributed by atoms with E-state index in [4.69, 9.17) is 15.2 Å². The van der Waals surface area contributed by atoms with Crippen LogP contribution in [0.2, 0.25) is 0 Å². The van der Waals surface area contributed by atoms with Crippen LogP contribution in [0.15, 0.2) is 30.6 Å². The molecule has 0 saturated heterocycles. The number of halogens is 3. The van der Waals surface area contributed by atoms with Gasteiger partial charge in [-0.1, -0.05) is 12.1 Å². The molecule has 3 heterocycles. The number of alkyl halides is 3. The molecule has 0 atom stereocenters. The quantitative estimate of drug-likeness (QED) is 0.453. The van der Waals surface area contributed by atoms with Gasteiger partial charge in [-0.15, -0.1) is 0 Å². The number of nitrogen functional groups attached to an aromatic ring is 1. The van der Waals surface area contributed by atoms with Gasteiger partial charge in [0.05, 0.1) is 6.20 Å². The van der Waals surface area contributed by atoms with Crippen LogP contribution in [0.1, 0.15) is 17.1 Å². The molecule has 0 aliphatic heterocycles. The molecule has 0 aliphatic rings. The normalized spacial score (nSPS) is 11.9. The van der Waals surface area contributed by atoms with Gasteiger partial charge in [0.1, 0.15) is 22.9 Å². The van der Waals surface area contributed by atoms with Crippen molar-refractivity contribution in [3.05, 3.63) is 47.7 Å². The molecule has 168 valence electrons. The maximum absolute atomic E-state index is 13.0. The van der Waals surface area contributed by atoms with Crippen molar-refractivity contribution in [1.29, 1.82) is 0 Å². The predicted molar refractivity (Wildman–Crippen MR) is 110 cm³/mol. The highest BCUT2D eigenvalue weighted by molar-refractivity contribution is 5.73. The van der Waals surface area contributed by atoms with Gasteiger partial charge in [0.25, 0.3) is 0 Å². The molecular formula is C20H20F3N7O2. The Morgan fingerprint density at radius 3 is 2.59 bits per heavy atom. The number of hydrogen-bond donors (Lipinski definition) is 1. The van der Waals surface area contributed by atoms with Crippen LogP contribution >= 0.6 is 0 Å². The Balaban J connectivity index is 1.69. The Morgan fingerprint density at radius 1 is 1.12 bits per heavy atom. The van der Waals surface area contributed by atoms with E-state index in [1.54, 1.807) is 36.0 Å². The summed E-state index contributed by atoms with van der Waals surface area (Å²) in [7, 11) is 4.74. The van der Waals surface area contributed by atoms with Gasteiger partial charge in [-0.3, -0.25) is 0 Å². The SMILES string of the molecule is COCOc1cc(-c2nc(C(F)(F)F)cn2C)ccc1Cc1ncc2c(n1)nc(N)n2C. The van der Waals surface area contributed by atoms with Crippen molar-refractivity contribution in [2.24, 2.45) is 14.1 Å². The second-order valence-corrected chi connectivity index (χ2v) is 7.13. The molecule has 0 amide bonds. The lowest BCUT2D eigenvalue weighted by Crippen LogP contribution is -2.05. The summed E-state index contributed by atoms with van der Waals surface area (Å²) in [5.41, 5.74) is 7.21. The number of rotatable bonds is 6. The van der Waals surface area contributed by atoms with E-state index in [0.717, 1.165) is 11.8 Å². The Hall–Kier alpha value is -3.67. The minimum atomic E-state index is -4.53. The molecule has 0 fully saturated rings. The molecule has 0 radical (unpaired) electrons. The van der Waals surface area contributed by atoms with E-state index in [1.165, 1.54) is 18.7 Å². The number of anilines is 1. The molecule has 4 rings (SSSR count). The molecule has 9 nitrogen and oxygen atoms in total. The fraction of sp³-hybridized carbons (Fsp3) is 0.300. The fourth-order valence-corrected chi connectivity index (χ4v) is 3.25. The van der Waals surface area contributed by atoms with E-state index in [0.29, 0.717) is 40.7 Å². The predicted octanol–water partition coefficient (Wildman–Crippen LogP) is 2.94. The van der Waals surface area contributed by atoms with Crippen LogP contribution in [0.25, 0.3) is 22.6 Å². The van der Waals surface area contributed by atoms with E-state index in [9.17, 15) is 13.2 Å². The van der Waals surface area contributed by atoms with Crippen LogP contribution in [-0.2, 0) is 31.4 Å². The van der Waals surface area contributed by atoms with E-state index >= 15 is 0 Å². The average Bonchev–Trinajstić information content (AvgIpc) is 3.27. The summed E-state index contributed by atoms with van der Waals surface area (Å²) in [4.78, 5) is 16.8. The molecule has 2 N–H and O–H groups in total. The minimum absolute atomic E-state index is 0.0402. The first kappa shape index (κ1) is 21.6. The molecule has 0 aliphatic carbocycles. The highest BCUT2D eigenvalue weighted by atomic mass is 19.4. The van der Waals surface area contributed by atoms with Crippen molar-refractivity contribution < 1.29 is 22.6 Å². The Morgan fingerprint density at radius 2 is 1.91 bits per heavy atom. The number of ether oxygens (including phenoxy) is 2. The van der Waals surface area contributed by atoms with Gasteiger partial charge in [-0.2, -0.15) is 18.2 Å². The lowest BCUT2D eigenvalue weighted by molar-refractivity contribution is -0.140. The van der Waals surface area contributed by atoms with Gasteiger partial charge in [0.15, 0.2) is 18.1 Å². The Kier molecular flexibility index (Phi) is 5.46. The number of nitrogens with two attached hydrogens (primary N) is 1. The first-order chi connectivity index (χ1) is 15.2. The van der Waals surface area contributed by atoms with Crippen molar-refractivity contribution >= 4 is 17.1 Å². The molecule has 0 spiro atoms. The lowest BCUT2D eigenvalue weighted by Gasteiger charge is -2.12. The zero-order chi connectivity index (χ0) is 23.0. The summed E-state index contributed by atoms with van der Waals surface area (Å²) < 4.78 is 52.8. The number of methoxy groups -OCH3 is 1. The zero-order valence-corrected chi connectivity index (χ0v) is 17.5. The highest BCUT2D eigenvalue weighted by Crippen LogP contribution is 2.33. The van der Waals surface area contributed by atoms with Crippen molar-refractivity contribution in [3.8, 4) is 17.1 Å². The summed E-state index contributed by atoms with van der Waals surface area (Å²) in [6.07, 6.45) is -1.64. The van der Waals surface area contributed by atoms with Crippen molar-refractivity contribution in [3.63, 3.8) is 0 Å². The van der Waals surface area contributed by atoms with E-state index in [-0.39, 0.29) is 12.6 Å². The van der Waals surface area contributed by atoms with Crippen LogP contribution in [0.3, 0.4) is 0 Å². The third kappa shape index (κ3) is 4.08. The van der Waals surface area contributed by atoms with Crippen LogP contribution in [0.4, 0.5) is 19.1 Å². The summed E-state index contributed by atoms with van der Waals surface area (Å²) in [6, 6.07) is 5.03. The number of hydrogen-bond acceptors (Lipinski definition) is 7. The first-order valence-electron chi connectivity index (χ1n) is 9.46. The number of fused-ring (bicyclic) bond motifs is 1. The number of aryl methyl sites for hydroxylation is 2. The summed E-state index contributed by atoms with van der Waals surface area (Å²) in [5, 5.41) is 0. The van der Waals surface area contributed by atoms with Crippen molar-refractivity contribution in [2.75, 3.05) is 19.6 Å². The summed E-state index contributed by atoms with van der Waals surface area (Å²) >= 11 is 0. The first-order valence-corrected chi connectivity index (χ1v) is 9.46. The monoisotopic (exact) mass is 447 g/mol. The van der Waals surface area contributed by atoms with Crippen LogP contribution in [0, 0.1) is 0 Å². The topological polar surface area (TPSA) is 106 Å². The smallest absolute Gasteiger partial charge is 0.434 e. The van der Waals surface area contributed by atoms with E-state index in [2.05, 4.69) is 19.9 Å². The molecule has 0 bridgehead atoms. The van der Waals surface area contributed by atoms with Crippen LogP contribution < -0.4 is 10.5 Å². The van der Waals surface area contributed by atoms with Gasteiger partial charge in [-0.05, 0) is 6.07 Å². The second-order valence-electron chi connectivity index (χ2n) is 7.13. The molecule has 1 aromatic carbocycles. The van der Waals surface area contributed by atoms with Crippen molar-refractivity contribution in [2.45, 2.75) is 12.6 Å². The average molecular weight is 447 g/mol. The zero-order valence-electron chi connectivity index (χ0n) is 17.5. The maximum Gasteiger partial charge on any atom is 0.434 e. The van der Waals surface area contributed by atoms with Gasteiger partial charge in [0, 0.05) is 44.9 Å².